The standard InChI is InChI=1S/C21H18F4N2O5S/c22-15-5-8-18-14(10-15)11-19(31-18)33(29,30)27-9-1-2-17(27)20(28)26-12-13-3-6-16(7-4-13)32-21(23,24)25/h3-8,10-11,17H,1-2,9,12H2,(H,26,28). The summed E-state index contributed by atoms with van der Waals surface area (Å²) in [5.74, 6) is -1.48. The largest absolute Gasteiger partial charge is 0.573 e. The summed E-state index contributed by atoms with van der Waals surface area (Å²) < 4.78 is 86.5. The zero-order valence-corrected chi connectivity index (χ0v) is 17.7. The number of hydrogen-bond acceptors (Lipinski definition) is 5. The number of carbonyl (C=O) groups is 1. The molecular formula is C21H18F4N2O5S. The molecule has 176 valence electrons. The summed E-state index contributed by atoms with van der Waals surface area (Å²) in [5, 5.41) is 2.51. The van der Waals surface area contributed by atoms with Crippen molar-refractivity contribution >= 4 is 26.9 Å². The number of hydrogen-bond donors (Lipinski definition) is 1. The molecule has 1 N–H and O–H groups in total. The van der Waals surface area contributed by atoms with Crippen molar-refractivity contribution < 1.29 is 39.9 Å². The van der Waals surface area contributed by atoms with Crippen molar-refractivity contribution in [3.63, 3.8) is 0 Å². The highest BCUT2D eigenvalue weighted by molar-refractivity contribution is 7.89. The minimum Gasteiger partial charge on any atom is -0.443 e. The molecule has 1 unspecified atom stereocenters. The predicted octanol–water partition coefficient (Wildman–Crippen LogP) is 3.94. The van der Waals surface area contributed by atoms with Crippen LogP contribution in [-0.4, -0.2) is 37.6 Å². The average molecular weight is 486 g/mol. The van der Waals surface area contributed by atoms with E-state index >= 15 is 0 Å². The van der Waals surface area contributed by atoms with Gasteiger partial charge in [-0.1, -0.05) is 12.1 Å². The Morgan fingerprint density at radius 2 is 1.88 bits per heavy atom. The highest BCUT2D eigenvalue weighted by atomic mass is 32.2. The Balaban J connectivity index is 1.44. The van der Waals surface area contributed by atoms with Gasteiger partial charge in [-0.05, 0) is 48.7 Å². The number of carbonyl (C=O) groups excluding carboxylic acids is 1. The molecule has 3 aromatic rings. The maximum atomic E-state index is 13.4. The molecule has 0 saturated carbocycles. The molecule has 4 rings (SSSR count). The molecule has 33 heavy (non-hydrogen) atoms. The molecule has 0 aliphatic carbocycles. The summed E-state index contributed by atoms with van der Waals surface area (Å²) in [5.41, 5.74) is 0.706. The highest BCUT2D eigenvalue weighted by Crippen LogP contribution is 2.30. The first-order valence-electron chi connectivity index (χ1n) is 9.86. The second-order valence-electron chi connectivity index (χ2n) is 7.43. The fraction of sp³-hybridized carbons (Fsp3) is 0.286. The van der Waals surface area contributed by atoms with Gasteiger partial charge in [-0.3, -0.25) is 4.79 Å². The molecule has 0 spiro atoms. The third-order valence-electron chi connectivity index (χ3n) is 5.15. The first-order chi connectivity index (χ1) is 15.5. The van der Waals surface area contributed by atoms with Gasteiger partial charge >= 0.3 is 6.36 Å². The van der Waals surface area contributed by atoms with Gasteiger partial charge in [-0.2, -0.15) is 4.31 Å². The van der Waals surface area contributed by atoms with Crippen molar-refractivity contribution in [2.24, 2.45) is 0 Å². The second kappa shape index (κ2) is 8.67. The maximum Gasteiger partial charge on any atom is 0.573 e. The number of sulfonamides is 1. The lowest BCUT2D eigenvalue weighted by atomic mass is 10.2. The SMILES string of the molecule is O=C(NCc1ccc(OC(F)(F)F)cc1)C1CCCN1S(=O)(=O)c1cc2cc(F)ccc2o1. The van der Waals surface area contributed by atoms with Crippen LogP contribution in [0.15, 0.2) is 58.0 Å². The number of rotatable bonds is 6. The Bertz CT molecular complexity index is 1270. The molecule has 2 aromatic carbocycles. The fourth-order valence-corrected chi connectivity index (χ4v) is 5.25. The smallest absolute Gasteiger partial charge is 0.443 e. The fourth-order valence-electron chi connectivity index (χ4n) is 3.64. The van der Waals surface area contributed by atoms with E-state index in [9.17, 15) is 30.8 Å². The van der Waals surface area contributed by atoms with E-state index in [4.69, 9.17) is 4.42 Å². The quantitative estimate of drug-likeness (QED) is 0.534. The summed E-state index contributed by atoms with van der Waals surface area (Å²) >= 11 is 0. The summed E-state index contributed by atoms with van der Waals surface area (Å²) in [7, 11) is -4.15. The van der Waals surface area contributed by atoms with E-state index in [0.29, 0.717) is 12.0 Å². The molecule has 1 fully saturated rings. The molecule has 1 saturated heterocycles. The molecule has 2 heterocycles. The van der Waals surface area contributed by atoms with Crippen LogP contribution in [0.25, 0.3) is 11.0 Å². The second-order valence-corrected chi connectivity index (χ2v) is 9.25. The van der Waals surface area contributed by atoms with Gasteiger partial charge in [-0.25, -0.2) is 12.8 Å². The number of amides is 1. The van der Waals surface area contributed by atoms with Gasteiger partial charge in [0.05, 0.1) is 0 Å². The van der Waals surface area contributed by atoms with Gasteiger partial charge in [0.1, 0.15) is 23.2 Å². The van der Waals surface area contributed by atoms with Gasteiger partial charge < -0.3 is 14.5 Å². The molecule has 1 aromatic heterocycles. The zero-order valence-electron chi connectivity index (χ0n) is 16.9. The van der Waals surface area contributed by atoms with Gasteiger partial charge in [0.15, 0.2) is 0 Å². The monoisotopic (exact) mass is 486 g/mol. The lowest BCUT2D eigenvalue weighted by Crippen LogP contribution is -2.45. The van der Waals surface area contributed by atoms with Gasteiger partial charge in [0.2, 0.25) is 11.0 Å². The van der Waals surface area contributed by atoms with Crippen molar-refractivity contribution in [1.29, 1.82) is 0 Å². The van der Waals surface area contributed by atoms with Crippen LogP contribution in [0.3, 0.4) is 0 Å². The van der Waals surface area contributed by atoms with E-state index < -0.39 is 39.9 Å². The summed E-state index contributed by atoms with van der Waals surface area (Å²) in [6, 6.07) is 8.81. The van der Waals surface area contributed by atoms with Crippen LogP contribution < -0.4 is 10.1 Å². The third-order valence-corrected chi connectivity index (χ3v) is 6.91. The predicted molar refractivity (Wildman–Crippen MR) is 108 cm³/mol. The van der Waals surface area contributed by atoms with Crippen LogP contribution in [-0.2, 0) is 21.4 Å². The lowest BCUT2D eigenvalue weighted by Gasteiger charge is -2.22. The van der Waals surface area contributed by atoms with Crippen LogP contribution in [0.5, 0.6) is 5.75 Å². The maximum absolute atomic E-state index is 13.4. The number of furan rings is 1. The Kier molecular flexibility index (Phi) is 6.06. The van der Waals surface area contributed by atoms with E-state index in [-0.39, 0.29) is 35.6 Å². The normalized spacial score (nSPS) is 17.4. The van der Waals surface area contributed by atoms with E-state index in [1.807, 2.05) is 0 Å². The molecule has 7 nitrogen and oxygen atoms in total. The van der Waals surface area contributed by atoms with Crippen molar-refractivity contribution in [3.05, 3.63) is 59.9 Å². The molecule has 0 bridgehead atoms. The number of nitrogens with zero attached hydrogens (tertiary/aromatic N) is 1. The van der Waals surface area contributed by atoms with Crippen molar-refractivity contribution in [3.8, 4) is 5.75 Å². The average Bonchev–Trinajstić information content (AvgIpc) is 3.39. The van der Waals surface area contributed by atoms with Crippen molar-refractivity contribution in [2.45, 2.75) is 36.9 Å². The minimum atomic E-state index is -4.80. The van der Waals surface area contributed by atoms with Crippen LogP contribution in [0.1, 0.15) is 18.4 Å². The van der Waals surface area contributed by atoms with E-state index in [0.717, 1.165) is 28.6 Å². The Morgan fingerprint density at radius 3 is 2.58 bits per heavy atom. The van der Waals surface area contributed by atoms with E-state index in [1.165, 1.54) is 24.3 Å². The summed E-state index contributed by atoms with van der Waals surface area (Å²) in [6.07, 6.45) is -4.06. The van der Waals surface area contributed by atoms with Crippen LogP contribution in [0.2, 0.25) is 0 Å². The molecule has 1 amide bonds. The summed E-state index contributed by atoms with van der Waals surface area (Å²) in [4.78, 5) is 12.7. The lowest BCUT2D eigenvalue weighted by molar-refractivity contribution is -0.274. The van der Waals surface area contributed by atoms with Gasteiger partial charge in [0.25, 0.3) is 10.0 Å². The summed E-state index contributed by atoms with van der Waals surface area (Å²) in [6.45, 7) is 0.0920. The molecule has 0 radical (unpaired) electrons. The van der Waals surface area contributed by atoms with Crippen LogP contribution in [0, 0.1) is 5.82 Å². The van der Waals surface area contributed by atoms with Crippen molar-refractivity contribution in [1.82, 2.24) is 9.62 Å². The van der Waals surface area contributed by atoms with E-state index in [2.05, 4.69) is 10.1 Å². The number of halogens is 4. The highest BCUT2D eigenvalue weighted by Gasteiger charge is 2.41. The Hall–Kier alpha value is -3.12. The molecule has 1 aliphatic heterocycles. The number of benzene rings is 2. The first-order valence-corrected chi connectivity index (χ1v) is 11.3. The van der Waals surface area contributed by atoms with Gasteiger partial charge in [0, 0.05) is 24.5 Å². The topological polar surface area (TPSA) is 88.9 Å². The molecule has 1 atom stereocenters. The Morgan fingerprint density at radius 1 is 1.15 bits per heavy atom. The van der Waals surface area contributed by atoms with Gasteiger partial charge in [-0.15, -0.1) is 13.2 Å². The van der Waals surface area contributed by atoms with Crippen LogP contribution in [0.4, 0.5) is 17.6 Å². The minimum absolute atomic E-state index is 0.0145. The molecular weight excluding hydrogens is 468 g/mol. The van der Waals surface area contributed by atoms with E-state index in [1.54, 1.807) is 0 Å². The van der Waals surface area contributed by atoms with Crippen molar-refractivity contribution in [2.75, 3.05) is 6.54 Å². The number of nitrogens with one attached hydrogen (secondary N) is 1. The molecule has 1 aliphatic rings. The number of alkyl halides is 3. The molecule has 12 heteroatoms. The third kappa shape index (κ3) is 5.11. The Labute approximate surface area is 186 Å². The number of ether oxygens (including phenoxy) is 1. The first kappa shape index (κ1) is 23.1. The van der Waals surface area contributed by atoms with Crippen LogP contribution >= 0.6 is 0 Å². The number of fused-ring (bicyclic) bond motifs is 1. The zero-order chi connectivity index (χ0) is 23.8.